The Morgan fingerprint density at radius 2 is 0.536 bits per heavy atom. The van der Waals surface area contributed by atoms with E-state index >= 15 is 0 Å². The summed E-state index contributed by atoms with van der Waals surface area (Å²) < 4.78 is 0. The van der Waals surface area contributed by atoms with Crippen molar-refractivity contribution in [2.45, 2.75) is 0 Å². The van der Waals surface area contributed by atoms with Gasteiger partial charge in [-0.2, -0.15) is 0 Å². The van der Waals surface area contributed by atoms with Gasteiger partial charge in [0.25, 0.3) is 0 Å². The van der Waals surface area contributed by atoms with Crippen molar-refractivity contribution >= 4 is 53.9 Å². The van der Waals surface area contributed by atoms with E-state index in [2.05, 4.69) is 218 Å². The van der Waals surface area contributed by atoms with E-state index in [1.807, 2.05) is 0 Å². The molecule has 0 aliphatic carbocycles. The van der Waals surface area contributed by atoms with Crippen molar-refractivity contribution in [1.29, 1.82) is 0 Å². The molecule has 0 atom stereocenters. The Bertz CT molecular complexity index is 3280. The average Bonchev–Trinajstić information content (AvgIpc) is 3.28. The van der Waals surface area contributed by atoms with Crippen molar-refractivity contribution in [3.63, 3.8) is 0 Å². The first kappa shape index (κ1) is 32.2. The molecule has 0 heteroatoms. The van der Waals surface area contributed by atoms with Crippen LogP contribution in [0.25, 0.3) is 109 Å². The summed E-state index contributed by atoms with van der Waals surface area (Å²) in [4.78, 5) is 0. The second-order valence-corrected chi connectivity index (χ2v) is 14.9. The quantitative estimate of drug-likeness (QED) is 0.156. The van der Waals surface area contributed by atoms with E-state index in [1.165, 1.54) is 109 Å². The van der Waals surface area contributed by atoms with Crippen LogP contribution in [0.15, 0.2) is 218 Å². The van der Waals surface area contributed by atoms with Crippen LogP contribution < -0.4 is 0 Å². The lowest BCUT2D eigenvalue weighted by Gasteiger charge is -2.16. The zero-order valence-corrected chi connectivity index (χ0v) is 30.8. The van der Waals surface area contributed by atoms with E-state index in [4.69, 9.17) is 0 Å². The van der Waals surface area contributed by atoms with Crippen LogP contribution in [0.1, 0.15) is 0 Å². The van der Waals surface area contributed by atoms with E-state index in [1.54, 1.807) is 0 Å². The summed E-state index contributed by atoms with van der Waals surface area (Å²) in [7, 11) is 0. The van der Waals surface area contributed by atoms with Gasteiger partial charge < -0.3 is 0 Å². The van der Waals surface area contributed by atoms with Gasteiger partial charge in [0.05, 0.1) is 0 Å². The zero-order valence-electron chi connectivity index (χ0n) is 30.8. The van der Waals surface area contributed by atoms with Gasteiger partial charge in [-0.1, -0.05) is 170 Å². The van der Waals surface area contributed by atoms with Gasteiger partial charge in [-0.05, 0) is 158 Å². The molecule has 11 aromatic rings. The molecule has 0 unspecified atom stereocenters. The van der Waals surface area contributed by atoms with Crippen molar-refractivity contribution < 1.29 is 0 Å². The van der Waals surface area contributed by atoms with Gasteiger partial charge in [0.1, 0.15) is 0 Å². The Balaban J connectivity index is 1.03. The molecule has 0 N–H and O–H groups in total. The molecule has 0 saturated heterocycles. The van der Waals surface area contributed by atoms with Crippen LogP contribution in [0.4, 0.5) is 0 Å². The minimum atomic E-state index is 1.22. The summed E-state index contributed by atoms with van der Waals surface area (Å²) in [6.45, 7) is 0. The first-order valence-corrected chi connectivity index (χ1v) is 19.4. The number of rotatable bonds is 5. The first-order chi connectivity index (χ1) is 27.7. The standard InChI is InChI=1S/C56H36/c1-3-12-38(13-4-1)53-33-41-17-9-10-18-42(41)34-55(53)49-26-28-52-51-27-25-48(32-50(51)36-54(56(52)35-49)39-14-5-2-6-15-39)47-24-23-45-30-44(21-22-46(45)31-47)43-20-19-37-11-7-8-16-40(37)29-43/h1-36H. The molecule has 0 fully saturated rings. The van der Waals surface area contributed by atoms with Crippen LogP contribution in [-0.4, -0.2) is 0 Å². The fourth-order valence-corrected chi connectivity index (χ4v) is 8.68. The van der Waals surface area contributed by atoms with Gasteiger partial charge in [-0.25, -0.2) is 0 Å². The highest BCUT2D eigenvalue weighted by Crippen LogP contribution is 2.42. The Morgan fingerprint density at radius 3 is 1.12 bits per heavy atom. The second-order valence-electron chi connectivity index (χ2n) is 14.9. The van der Waals surface area contributed by atoms with Gasteiger partial charge in [-0.15, -0.1) is 0 Å². The fraction of sp³-hybridized carbons (Fsp3) is 0. The van der Waals surface area contributed by atoms with E-state index in [0.717, 1.165) is 0 Å². The van der Waals surface area contributed by atoms with Crippen molar-refractivity contribution in [1.82, 2.24) is 0 Å². The second kappa shape index (κ2) is 13.2. The molecule has 0 nitrogen and oxygen atoms in total. The molecule has 0 amide bonds. The fourth-order valence-electron chi connectivity index (χ4n) is 8.68. The molecule has 11 rings (SSSR count). The molecule has 0 aromatic heterocycles. The van der Waals surface area contributed by atoms with E-state index < -0.39 is 0 Å². The summed E-state index contributed by atoms with van der Waals surface area (Å²) >= 11 is 0. The molecular weight excluding hydrogens is 673 g/mol. The first-order valence-electron chi connectivity index (χ1n) is 19.4. The van der Waals surface area contributed by atoms with Gasteiger partial charge in [0, 0.05) is 0 Å². The normalized spacial score (nSPS) is 11.6. The van der Waals surface area contributed by atoms with Crippen molar-refractivity contribution in [3.05, 3.63) is 218 Å². The molecule has 56 heavy (non-hydrogen) atoms. The van der Waals surface area contributed by atoms with Gasteiger partial charge in [0.2, 0.25) is 0 Å². The third kappa shape index (κ3) is 5.63. The smallest absolute Gasteiger partial charge is 0.00928 e. The molecule has 260 valence electrons. The lowest BCUT2D eigenvalue weighted by atomic mass is 9.87. The molecule has 0 aliphatic heterocycles. The third-order valence-corrected chi connectivity index (χ3v) is 11.6. The van der Waals surface area contributed by atoms with E-state index in [9.17, 15) is 0 Å². The highest BCUT2D eigenvalue weighted by Gasteiger charge is 2.15. The molecule has 0 saturated carbocycles. The number of hydrogen-bond donors (Lipinski definition) is 0. The maximum absolute atomic E-state index is 2.41. The summed E-state index contributed by atoms with van der Waals surface area (Å²) in [6, 6.07) is 80.5. The van der Waals surface area contributed by atoms with Gasteiger partial charge in [0.15, 0.2) is 0 Å². The Morgan fingerprint density at radius 1 is 0.161 bits per heavy atom. The maximum atomic E-state index is 2.41. The van der Waals surface area contributed by atoms with Gasteiger partial charge in [-0.3, -0.25) is 0 Å². The largest absolute Gasteiger partial charge is 0.0622 e. The highest BCUT2D eigenvalue weighted by molar-refractivity contribution is 6.16. The van der Waals surface area contributed by atoms with Crippen LogP contribution in [0.5, 0.6) is 0 Å². The van der Waals surface area contributed by atoms with Crippen LogP contribution in [0, 0.1) is 0 Å². The zero-order chi connectivity index (χ0) is 37.0. The minimum Gasteiger partial charge on any atom is -0.0622 e. The SMILES string of the molecule is c1ccc(-c2cc3ccccc3cc2-c2ccc3c(c2)c(-c2ccccc2)cc2cc(-c4ccc5cc(-c6ccc7ccccc7c6)ccc5c4)ccc23)cc1. The van der Waals surface area contributed by atoms with Crippen LogP contribution in [0.2, 0.25) is 0 Å². The summed E-state index contributed by atoms with van der Waals surface area (Å²) in [5.74, 6) is 0. The number of fused-ring (bicyclic) bond motifs is 6. The highest BCUT2D eigenvalue weighted by atomic mass is 14.2. The van der Waals surface area contributed by atoms with Crippen molar-refractivity contribution in [2.24, 2.45) is 0 Å². The van der Waals surface area contributed by atoms with Gasteiger partial charge >= 0.3 is 0 Å². The maximum Gasteiger partial charge on any atom is -0.00928 e. The molecule has 0 bridgehead atoms. The molecule has 0 spiro atoms. The molecule has 0 aliphatic rings. The minimum absolute atomic E-state index is 1.22. The van der Waals surface area contributed by atoms with Crippen molar-refractivity contribution in [3.8, 4) is 55.6 Å². The summed E-state index contributed by atoms with van der Waals surface area (Å²) in [6.07, 6.45) is 0. The monoisotopic (exact) mass is 708 g/mol. The van der Waals surface area contributed by atoms with E-state index in [-0.39, 0.29) is 0 Å². The topological polar surface area (TPSA) is 0 Å². The van der Waals surface area contributed by atoms with Crippen LogP contribution in [0.3, 0.4) is 0 Å². The third-order valence-electron chi connectivity index (χ3n) is 11.6. The van der Waals surface area contributed by atoms with Crippen molar-refractivity contribution in [2.75, 3.05) is 0 Å². The van der Waals surface area contributed by atoms with Crippen LogP contribution >= 0.6 is 0 Å². The summed E-state index contributed by atoms with van der Waals surface area (Å²) in [5.41, 5.74) is 12.3. The Kier molecular flexibility index (Phi) is 7.60. The average molecular weight is 709 g/mol. The Labute approximate surface area is 326 Å². The number of benzene rings is 11. The predicted octanol–water partition coefficient (Wildman–Crippen LogP) is 15.8. The van der Waals surface area contributed by atoms with E-state index in [0.29, 0.717) is 0 Å². The number of hydrogen-bond acceptors (Lipinski definition) is 0. The molecular formula is C56H36. The lowest BCUT2D eigenvalue weighted by Crippen LogP contribution is -1.90. The Hall–Kier alpha value is -7.28. The predicted molar refractivity (Wildman–Crippen MR) is 241 cm³/mol. The molecule has 11 aromatic carbocycles. The summed E-state index contributed by atoms with van der Waals surface area (Å²) in [5, 5.41) is 12.5. The lowest BCUT2D eigenvalue weighted by molar-refractivity contribution is 1.61. The van der Waals surface area contributed by atoms with Crippen LogP contribution in [-0.2, 0) is 0 Å². The molecule has 0 radical (unpaired) electrons. The molecule has 0 heterocycles.